The summed E-state index contributed by atoms with van der Waals surface area (Å²) in [5.41, 5.74) is 2.37. The quantitative estimate of drug-likeness (QED) is 0.704. The number of amides is 1. The first-order valence-corrected chi connectivity index (χ1v) is 6.74. The number of aryl methyl sites for hydroxylation is 2. The fourth-order valence-electron chi connectivity index (χ4n) is 1.89. The first kappa shape index (κ1) is 15.5. The number of carbonyl (C=O) groups is 1. The van der Waals surface area contributed by atoms with E-state index >= 15 is 0 Å². The summed E-state index contributed by atoms with van der Waals surface area (Å²) in [5.74, 6) is 0.946. The highest BCUT2D eigenvalue weighted by Gasteiger charge is 2.00. The second-order valence-corrected chi connectivity index (χ2v) is 4.73. The van der Waals surface area contributed by atoms with Crippen LogP contribution >= 0.6 is 0 Å². The molecule has 0 spiro atoms. The molecule has 4 heteroatoms. The van der Waals surface area contributed by atoms with E-state index in [0.29, 0.717) is 19.6 Å². The number of carbonyl (C=O) groups excluding carboxylic acids is 1. The zero-order valence-electron chi connectivity index (χ0n) is 12.1. The van der Waals surface area contributed by atoms with Gasteiger partial charge in [0.05, 0.1) is 6.54 Å². The summed E-state index contributed by atoms with van der Waals surface area (Å²) >= 11 is 0. The standard InChI is InChI=1S/C15H24N2O2/c1-12-9-13(2)11-14(10-12)19-8-7-17-15(18)5-4-6-16-3/h9-11,16H,4-8H2,1-3H3,(H,17,18). The molecule has 0 bridgehead atoms. The van der Waals surface area contributed by atoms with Gasteiger partial charge in [0.25, 0.3) is 0 Å². The van der Waals surface area contributed by atoms with Crippen molar-refractivity contribution >= 4 is 5.91 Å². The Bertz CT molecular complexity index is 385. The molecule has 0 atom stereocenters. The third-order valence-corrected chi connectivity index (χ3v) is 2.72. The van der Waals surface area contributed by atoms with E-state index in [1.54, 1.807) is 0 Å². The zero-order valence-corrected chi connectivity index (χ0v) is 12.1. The van der Waals surface area contributed by atoms with Crippen molar-refractivity contribution in [1.29, 1.82) is 0 Å². The number of hydrogen-bond acceptors (Lipinski definition) is 3. The summed E-state index contributed by atoms with van der Waals surface area (Å²) in [6.07, 6.45) is 1.42. The summed E-state index contributed by atoms with van der Waals surface area (Å²) in [4.78, 5) is 11.4. The molecule has 1 aromatic rings. The second kappa shape index (κ2) is 8.53. The van der Waals surface area contributed by atoms with Gasteiger partial charge in [-0.15, -0.1) is 0 Å². The van der Waals surface area contributed by atoms with Crippen LogP contribution in [0.4, 0.5) is 0 Å². The molecule has 0 heterocycles. The van der Waals surface area contributed by atoms with Crippen molar-refractivity contribution in [1.82, 2.24) is 10.6 Å². The Labute approximate surface area is 115 Å². The number of rotatable bonds is 8. The average molecular weight is 264 g/mol. The van der Waals surface area contributed by atoms with Crippen LogP contribution in [0, 0.1) is 13.8 Å². The predicted octanol–water partition coefficient (Wildman–Crippen LogP) is 1.80. The summed E-state index contributed by atoms with van der Waals surface area (Å²) in [5, 5.41) is 5.87. The SMILES string of the molecule is CNCCCC(=O)NCCOc1cc(C)cc(C)c1. The summed E-state index contributed by atoms with van der Waals surface area (Å²) < 4.78 is 5.62. The van der Waals surface area contributed by atoms with Gasteiger partial charge in [0.15, 0.2) is 0 Å². The molecule has 1 aromatic carbocycles. The minimum absolute atomic E-state index is 0.0827. The Morgan fingerprint density at radius 2 is 1.84 bits per heavy atom. The largest absolute Gasteiger partial charge is 0.492 e. The van der Waals surface area contributed by atoms with E-state index in [4.69, 9.17) is 4.74 Å². The van der Waals surface area contributed by atoms with Gasteiger partial charge in [-0.3, -0.25) is 4.79 Å². The Hall–Kier alpha value is -1.55. The van der Waals surface area contributed by atoms with Crippen LogP contribution in [0.1, 0.15) is 24.0 Å². The average Bonchev–Trinajstić information content (AvgIpc) is 2.34. The Kier molecular flexibility index (Phi) is 6.97. The summed E-state index contributed by atoms with van der Waals surface area (Å²) in [6.45, 7) is 6.01. The van der Waals surface area contributed by atoms with Crippen LogP contribution in [0.3, 0.4) is 0 Å². The monoisotopic (exact) mass is 264 g/mol. The Morgan fingerprint density at radius 3 is 2.47 bits per heavy atom. The minimum atomic E-state index is 0.0827. The molecule has 4 nitrogen and oxygen atoms in total. The molecule has 0 saturated heterocycles. The Balaban J connectivity index is 2.18. The molecule has 0 fully saturated rings. The number of ether oxygens (including phenoxy) is 1. The normalized spacial score (nSPS) is 10.3. The van der Waals surface area contributed by atoms with Crippen LogP contribution in [-0.2, 0) is 4.79 Å². The van der Waals surface area contributed by atoms with Crippen LogP contribution in [0.15, 0.2) is 18.2 Å². The van der Waals surface area contributed by atoms with E-state index in [-0.39, 0.29) is 5.91 Å². The molecule has 0 aromatic heterocycles. The summed E-state index contributed by atoms with van der Waals surface area (Å²) in [7, 11) is 1.88. The molecule has 1 amide bonds. The zero-order chi connectivity index (χ0) is 14.1. The molecule has 0 aliphatic heterocycles. The smallest absolute Gasteiger partial charge is 0.220 e. The number of benzene rings is 1. The maximum Gasteiger partial charge on any atom is 0.220 e. The van der Waals surface area contributed by atoms with E-state index in [0.717, 1.165) is 18.7 Å². The van der Waals surface area contributed by atoms with Crippen molar-refractivity contribution in [2.24, 2.45) is 0 Å². The van der Waals surface area contributed by atoms with Gasteiger partial charge in [0, 0.05) is 6.42 Å². The molecule has 2 N–H and O–H groups in total. The highest BCUT2D eigenvalue weighted by Crippen LogP contribution is 2.15. The molecular formula is C15H24N2O2. The fraction of sp³-hybridized carbons (Fsp3) is 0.533. The van der Waals surface area contributed by atoms with Gasteiger partial charge in [-0.25, -0.2) is 0 Å². The van der Waals surface area contributed by atoms with Crippen LogP contribution in [-0.4, -0.2) is 32.7 Å². The lowest BCUT2D eigenvalue weighted by atomic mass is 10.1. The topological polar surface area (TPSA) is 50.4 Å². The van der Waals surface area contributed by atoms with Crippen LogP contribution in [0.5, 0.6) is 5.75 Å². The van der Waals surface area contributed by atoms with Crippen molar-refractivity contribution in [2.75, 3.05) is 26.7 Å². The molecule has 19 heavy (non-hydrogen) atoms. The second-order valence-electron chi connectivity index (χ2n) is 4.73. The fourth-order valence-corrected chi connectivity index (χ4v) is 1.89. The molecule has 0 unspecified atom stereocenters. The molecule has 106 valence electrons. The highest BCUT2D eigenvalue weighted by atomic mass is 16.5. The summed E-state index contributed by atoms with van der Waals surface area (Å²) in [6, 6.07) is 6.11. The first-order chi connectivity index (χ1) is 9.11. The third kappa shape index (κ3) is 6.82. The van der Waals surface area contributed by atoms with Gasteiger partial charge in [-0.05, 0) is 57.1 Å². The van der Waals surface area contributed by atoms with Crippen molar-refractivity contribution in [2.45, 2.75) is 26.7 Å². The van der Waals surface area contributed by atoms with E-state index in [1.807, 2.05) is 33.0 Å². The van der Waals surface area contributed by atoms with Gasteiger partial charge in [-0.1, -0.05) is 6.07 Å². The lowest BCUT2D eigenvalue weighted by Crippen LogP contribution is -2.28. The molecule has 0 radical (unpaired) electrons. The van der Waals surface area contributed by atoms with E-state index < -0.39 is 0 Å². The van der Waals surface area contributed by atoms with Crippen LogP contribution in [0.2, 0.25) is 0 Å². The van der Waals surface area contributed by atoms with Gasteiger partial charge < -0.3 is 15.4 Å². The van der Waals surface area contributed by atoms with E-state index in [2.05, 4.69) is 16.7 Å². The van der Waals surface area contributed by atoms with Crippen LogP contribution in [0.25, 0.3) is 0 Å². The van der Waals surface area contributed by atoms with Crippen LogP contribution < -0.4 is 15.4 Å². The number of hydrogen-bond donors (Lipinski definition) is 2. The maximum atomic E-state index is 11.4. The van der Waals surface area contributed by atoms with Crippen molar-refractivity contribution in [3.63, 3.8) is 0 Å². The number of nitrogens with one attached hydrogen (secondary N) is 2. The molecule has 1 rings (SSSR count). The van der Waals surface area contributed by atoms with Gasteiger partial charge in [0.1, 0.15) is 12.4 Å². The third-order valence-electron chi connectivity index (χ3n) is 2.72. The van der Waals surface area contributed by atoms with E-state index in [9.17, 15) is 4.79 Å². The van der Waals surface area contributed by atoms with Crippen molar-refractivity contribution < 1.29 is 9.53 Å². The highest BCUT2D eigenvalue weighted by molar-refractivity contribution is 5.75. The Morgan fingerprint density at radius 1 is 1.16 bits per heavy atom. The van der Waals surface area contributed by atoms with Crippen molar-refractivity contribution in [3.8, 4) is 5.75 Å². The van der Waals surface area contributed by atoms with Gasteiger partial charge in [-0.2, -0.15) is 0 Å². The minimum Gasteiger partial charge on any atom is -0.492 e. The molecular weight excluding hydrogens is 240 g/mol. The van der Waals surface area contributed by atoms with Gasteiger partial charge >= 0.3 is 0 Å². The predicted molar refractivity (Wildman–Crippen MR) is 77.6 cm³/mol. The first-order valence-electron chi connectivity index (χ1n) is 6.74. The van der Waals surface area contributed by atoms with Crippen molar-refractivity contribution in [3.05, 3.63) is 29.3 Å². The van der Waals surface area contributed by atoms with Gasteiger partial charge in [0.2, 0.25) is 5.91 Å². The molecule has 0 aliphatic rings. The van der Waals surface area contributed by atoms with E-state index in [1.165, 1.54) is 11.1 Å². The maximum absolute atomic E-state index is 11.4. The molecule has 0 aliphatic carbocycles. The lowest BCUT2D eigenvalue weighted by Gasteiger charge is -2.09. The molecule has 0 saturated carbocycles. The lowest BCUT2D eigenvalue weighted by molar-refractivity contribution is -0.121.